The first kappa shape index (κ1) is 8.75. The summed E-state index contributed by atoms with van der Waals surface area (Å²) in [5.74, 6) is 0. The van der Waals surface area contributed by atoms with Gasteiger partial charge in [-0.15, -0.1) is 0 Å². The van der Waals surface area contributed by atoms with Gasteiger partial charge in [-0.1, -0.05) is 34.9 Å². The molecule has 1 N–H and O–H groups in total. The molecular formula is C7H14OS2. The zero-order valence-corrected chi connectivity index (χ0v) is 7.88. The van der Waals surface area contributed by atoms with Crippen LogP contribution in [0.1, 0.15) is 32.6 Å². The first-order valence-electron chi connectivity index (χ1n) is 3.79. The Labute approximate surface area is 70.4 Å². The lowest BCUT2D eigenvalue weighted by molar-refractivity contribution is 0.248. The maximum atomic E-state index is 9.27. The van der Waals surface area contributed by atoms with Crippen molar-refractivity contribution in [2.24, 2.45) is 0 Å². The van der Waals surface area contributed by atoms with E-state index < -0.39 is 0 Å². The van der Waals surface area contributed by atoms with E-state index in [1.165, 1.54) is 19.3 Å². The molecule has 1 saturated heterocycles. The van der Waals surface area contributed by atoms with Crippen LogP contribution in [-0.2, 0) is 0 Å². The van der Waals surface area contributed by atoms with Crippen LogP contribution in [0.4, 0.5) is 0 Å². The van der Waals surface area contributed by atoms with Crippen LogP contribution in [0.25, 0.3) is 0 Å². The van der Waals surface area contributed by atoms with Crippen LogP contribution >= 0.6 is 21.6 Å². The first-order chi connectivity index (χ1) is 4.79. The number of rotatable bonds is 0. The first-order valence-corrected chi connectivity index (χ1v) is 6.07. The summed E-state index contributed by atoms with van der Waals surface area (Å²) in [5.41, 5.74) is -0.118. The number of hydrogen-bond donors (Lipinski definition) is 1. The second-order valence-corrected chi connectivity index (χ2v) is 5.63. The van der Waals surface area contributed by atoms with Crippen molar-refractivity contribution in [2.75, 3.05) is 0 Å². The minimum atomic E-state index is -0.118. The highest BCUT2D eigenvalue weighted by Crippen LogP contribution is 2.36. The van der Waals surface area contributed by atoms with Gasteiger partial charge in [-0.05, 0) is 19.3 Å². The number of aliphatic hydroxyl groups is 1. The second-order valence-electron chi connectivity index (χ2n) is 2.74. The number of aliphatic hydroxyl groups excluding tert-OH is 1. The SMILES string of the molecule is CC1CCCCC(O)SS1. The zero-order valence-electron chi connectivity index (χ0n) is 6.25. The number of hydrogen-bond acceptors (Lipinski definition) is 3. The standard InChI is InChI=1S/C7H14OS2/c1-6-4-2-3-5-7(8)10-9-6/h6-8H,2-5H2,1H3. The van der Waals surface area contributed by atoms with Gasteiger partial charge in [-0.2, -0.15) is 0 Å². The Morgan fingerprint density at radius 3 is 2.70 bits per heavy atom. The molecule has 1 nitrogen and oxygen atoms in total. The molecule has 1 rings (SSSR count). The fourth-order valence-corrected chi connectivity index (χ4v) is 3.38. The van der Waals surface area contributed by atoms with Crippen LogP contribution in [0.5, 0.6) is 0 Å². The quantitative estimate of drug-likeness (QED) is 0.576. The van der Waals surface area contributed by atoms with Crippen LogP contribution in [0, 0.1) is 0 Å². The van der Waals surface area contributed by atoms with E-state index in [4.69, 9.17) is 0 Å². The van der Waals surface area contributed by atoms with Crippen LogP contribution in [0.3, 0.4) is 0 Å². The van der Waals surface area contributed by atoms with Crippen molar-refractivity contribution in [3.8, 4) is 0 Å². The van der Waals surface area contributed by atoms with Crippen LogP contribution < -0.4 is 0 Å². The molecule has 0 aromatic carbocycles. The van der Waals surface area contributed by atoms with Crippen molar-refractivity contribution in [1.82, 2.24) is 0 Å². The molecule has 0 aliphatic carbocycles. The predicted octanol–water partition coefficient (Wildman–Crippen LogP) is 2.65. The Balaban J connectivity index is 2.23. The van der Waals surface area contributed by atoms with Crippen molar-refractivity contribution < 1.29 is 5.11 Å². The van der Waals surface area contributed by atoms with Gasteiger partial charge in [0.15, 0.2) is 0 Å². The summed E-state index contributed by atoms with van der Waals surface area (Å²) < 4.78 is 0. The Morgan fingerprint density at radius 2 is 1.90 bits per heavy atom. The lowest BCUT2D eigenvalue weighted by Gasteiger charge is -2.17. The van der Waals surface area contributed by atoms with Gasteiger partial charge in [0.1, 0.15) is 5.44 Å². The maximum Gasteiger partial charge on any atom is 0.109 e. The lowest BCUT2D eigenvalue weighted by Crippen LogP contribution is -2.05. The topological polar surface area (TPSA) is 20.2 Å². The molecule has 1 heterocycles. The van der Waals surface area contributed by atoms with Crippen molar-refractivity contribution in [3.05, 3.63) is 0 Å². The molecule has 0 aromatic rings. The molecule has 0 aromatic heterocycles. The summed E-state index contributed by atoms with van der Waals surface area (Å²) in [5, 5.41) is 10.00. The monoisotopic (exact) mass is 178 g/mol. The van der Waals surface area contributed by atoms with E-state index in [-0.39, 0.29) is 5.44 Å². The molecule has 0 bridgehead atoms. The molecule has 2 unspecified atom stereocenters. The summed E-state index contributed by atoms with van der Waals surface area (Å²) in [7, 11) is 3.46. The fraction of sp³-hybridized carbons (Fsp3) is 1.00. The molecule has 2 atom stereocenters. The molecule has 0 spiro atoms. The normalized spacial score (nSPS) is 36.6. The van der Waals surface area contributed by atoms with Gasteiger partial charge in [0.05, 0.1) is 0 Å². The second kappa shape index (κ2) is 4.52. The Bertz CT molecular complexity index is 85.6. The minimum Gasteiger partial charge on any atom is -0.382 e. The van der Waals surface area contributed by atoms with Crippen molar-refractivity contribution in [3.63, 3.8) is 0 Å². The zero-order chi connectivity index (χ0) is 7.40. The maximum absolute atomic E-state index is 9.27. The Hall–Kier alpha value is 0.660. The molecule has 3 heteroatoms. The van der Waals surface area contributed by atoms with E-state index in [1.54, 1.807) is 10.8 Å². The van der Waals surface area contributed by atoms with E-state index in [0.29, 0.717) is 0 Å². The molecule has 0 amide bonds. The van der Waals surface area contributed by atoms with Gasteiger partial charge < -0.3 is 5.11 Å². The van der Waals surface area contributed by atoms with E-state index >= 15 is 0 Å². The lowest BCUT2D eigenvalue weighted by atomic mass is 10.1. The molecule has 0 saturated carbocycles. The molecular weight excluding hydrogens is 164 g/mol. The average molecular weight is 178 g/mol. The largest absolute Gasteiger partial charge is 0.382 e. The third-order valence-corrected chi connectivity index (χ3v) is 4.76. The van der Waals surface area contributed by atoms with Gasteiger partial charge in [0, 0.05) is 5.25 Å². The van der Waals surface area contributed by atoms with Crippen LogP contribution in [0.2, 0.25) is 0 Å². The van der Waals surface area contributed by atoms with Gasteiger partial charge >= 0.3 is 0 Å². The van der Waals surface area contributed by atoms with Crippen molar-refractivity contribution in [2.45, 2.75) is 43.3 Å². The molecule has 0 radical (unpaired) electrons. The van der Waals surface area contributed by atoms with Crippen molar-refractivity contribution >= 4 is 21.6 Å². The van der Waals surface area contributed by atoms with Gasteiger partial charge in [-0.3, -0.25) is 0 Å². The van der Waals surface area contributed by atoms with Gasteiger partial charge in [-0.25, -0.2) is 0 Å². The van der Waals surface area contributed by atoms with Gasteiger partial charge in [0.25, 0.3) is 0 Å². The molecule has 1 aliphatic heterocycles. The third kappa shape index (κ3) is 3.17. The summed E-state index contributed by atoms with van der Waals surface area (Å²) in [4.78, 5) is 0. The summed E-state index contributed by atoms with van der Waals surface area (Å²) in [6, 6.07) is 0. The van der Waals surface area contributed by atoms with E-state index in [0.717, 1.165) is 11.7 Å². The smallest absolute Gasteiger partial charge is 0.109 e. The highest BCUT2D eigenvalue weighted by atomic mass is 33.1. The van der Waals surface area contributed by atoms with Gasteiger partial charge in [0.2, 0.25) is 0 Å². The summed E-state index contributed by atoms with van der Waals surface area (Å²) >= 11 is 0. The van der Waals surface area contributed by atoms with Crippen LogP contribution in [0.15, 0.2) is 0 Å². The highest BCUT2D eigenvalue weighted by molar-refractivity contribution is 8.77. The average Bonchev–Trinajstić information content (AvgIpc) is 1.90. The van der Waals surface area contributed by atoms with Crippen molar-refractivity contribution in [1.29, 1.82) is 0 Å². The molecule has 60 valence electrons. The fourth-order valence-electron chi connectivity index (χ4n) is 1.01. The molecule has 1 aliphatic rings. The van der Waals surface area contributed by atoms with Crippen LogP contribution in [-0.4, -0.2) is 15.8 Å². The minimum absolute atomic E-state index is 0.118. The predicted molar refractivity (Wildman–Crippen MR) is 49.1 cm³/mol. The molecule has 10 heavy (non-hydrogen) atoms. The van der Waals surface area contributed by atoms with E-state index in [9.17, 15) is 5.11 Å². The Kier molecular flexibility index (Phi) is 3.96. The summed E-state index contributed by atoms with van der Waals surface area (Å²) in [6.45, 7) is 2.23. The van der Waals surface area contributed by atoms with E-state index in [1.807, 2.05) is 10.8 Å². The third-order valence-electron chi connectivity index (χ3n) is 1.64. The highest BCUT2D eigenvalue weighted by Gasteiger charge is 2.12. The Morgan fingerprint density at radius 1 is 1.20 bits per heavy atom. The van der Waals surface area contributed by atoms with E-state index in [2.05, 4.69) is 6.92 Å². The summed E-state index contributed by atoms with van der Waals surface area (Å²) in [6.07, 6.45) is 4.76. The molecule has 1 fully saturated rings.